The van der Waals surface area contributed by atoms with Gasteiger partial charge in [-0.15, -0.1) is 10.2 Å². The fraction of sp³-hybridized carbons (Fsp3) is 0.333. The molecule has 0 spiro atoms. The van der Waals surface area contributed by atoms with Crippen LogP contribution in [0.25, 0.3) is 10.6 Å². The van der Waals surface area contributed by atoms with E-state index in [0.717, 1.165) is 10.6 Å². The first-order chi connectivity index (χ1) is 8.11. The summed E-state index contributed by atoms with van der Waals surface area (Å²) >= 11 is 1.41. The Hall–Kier alpha value is -1.33. The molecule has 0 saturated carbocycles. The van der Waals surface area contributed by atoms with Gasteiger partial charge in [0.05, 0.1) is 6.04 Å². The highest BCUT2D eigenvalue weighted by Crippen LogP contribution is 2.28. The first kappa shape index (κ1) is 12.1. The van der Waals surface area contributed by atoms with E-state index in [1.54, 1.807) is 6.07 Å². The first-order valence-electron chi connectivity index (χ1n) is 5.39. The highest BCUT2D eigenvalue weighted by atomic mass is 32.1. The SMILES string of the molecule is CNC(C)c1nnc(-c2ccc(C)cc2F)s1. The molecule has 90 valence electrons. The fourth-order valence-electron chi connectivity index (χ4n) is 1.44. The van der Waals surface area contributed by atoms with Gasteiger partial charge in [0.15, 0.2) is 5.01 Å². The Morgan fingerprint density at radius 2 is 2.12 bits per heavy atom. The van der Waals surface area contributed by atoms with Crippen molar-refractivity contribution in [1.82, 2.24) is 15.5 Å². The van der Waals surface area contributed by atoms with Crippen LogP contribution in [0.4, 0.5) is 4.39 Å². The van der Waals surface area contributed by atoms with E-state index in [-0.39, 0.29) is 11.9 Å². The van der Waals surface area contributed by atoms with Crippen molar-refractivity contribution in [2.24, 2.45) is 0 Å². The number of aromatic nitrogens is 2. The standard InChI is InChI=1S/C12H14FN3S/c1-7-4-5-9(10(13)6-7)12-16-15-11(17-12)8(2)14-3/h4-6,8,14H,1-3H3. The van der Waals surface area contributed by atoms with Gasteiger partial charge in [-0.1, -0.05) is 17.4 Å². The Labute approximate surface area is 104 Å². The van der Waals surface area contributed by atoms with Crippen molar-refractivity contribution in [3.63, 3.8) is 0 Å². The molecule has 1 aromatic heterocycles. The second-order valence-electron chi connectivity index (χ2n) is 3.94. The van der Waals surface area contributed by atoms with Crippen LogP contribution in [0, 0.1) is 12.7 Å². The maximum atomic E-state index is 13.8. The molecule has 17 heavy (non-hydrogen) atoms. The summed E-state index contributed by atoms with van der Waals surface area (Å²) < 4.78 is 13.8. The topological polar surface area (TPSA) is 37.8 Å². The van der Waals surface area contributed by atoms with Gasteiger partial charge in [0.1, 0.15) is 10.8 Å². The van der Waals surface area contributed by atoms with Crippen LogP contribution in [0.3, 0.4) is 0 Å². The third-order valence-corrected chi connectivity index (χ3v) is 3.74. The third kappa shape index (κ3) is 2.50. The normalized spacial score (nSPS) is 12.7. The Kier molecular flexibility index (Phi) is 3.49. The van der Waals surface area contributed by atoms with Gasteiger partial charge in [0, 0.05) is 5.56 Å². The van der Waals surface area contributed by atoms with Crippen LogP contribution in [0.5, 0.6) is 0 Å². The minimum Gasteiger partial charge on any atom is -0.311 e. The molecule has 0 bridgehead atoms. The van der Waals surface area contributed by atoms with Crippen LogP contribution in [-0.2, 0) is 0 Å². The number of benzene rings is 1. The Bertz CT molecular complexity index is 524. The molecule has 1 N–H and O–H groups in total. The number of hydrogen-bond donors (Lipinski definition) is 1. The number of nitrogens with one attached hydrogen (secondary N) is 1. The molecule has 2 rings (SSSR count). The van der Waals surface area contributed by atoms with Gasteiger partial charge in [-0.3, -0.25) is 0 Å². The molecule has 3 nitrogen and oxygen atoms in total. The molecule has 0 fully saturated rings. The van der Waals surface area contributed by atoms with E-state index in [9.17, 15) is 4.39 Å². The van der Waals surface area contributed by atoms with Gasteiger partial charge in [-0.25, -0.2) is 4.39 Å². The van der Waals surface area contributed by atoms with E-state index in [4.69, 9.17) is 0 Å². The van der Waals surface area contributed by atoms with E-state index >= 15 is 0 Å². The zero-order valence-electron chi connectivity index (χ0n) is 9.99. The molecular weight excluding hydrogens is 237 g/mol. The van der Waals surface area contributed by atoms with Gasteiger partial charge < -0.3 is 5.32 Å². The van der Waals surface area contributed by atoms with Gasteiger partial charge in [0.2, 0.25) is 0 Å². The molecule has 0 radical (unpaired) electrons. The Morgan fingerprint density at radius 3 is 2.76 bits per heavy atom. The van der Waals surface area contributed by atoms with Crippen molar-refractivity contribution in [2.45, 2.75) is 19.9 Å². The van der Waals surface area contributed by atoms with E-state index < -0.39 is 0 Å². The average molecular weight is 251 g/mol. The van der Waals surface area contributed by atoms with Crippen LogP contribution < -0.4 is 5.32 Å². The van der Waals surface area contributed by atoms with E-state index in [1.807, 2.05) is 27.0 Å². The number of rotatable bonds is 3. The van der Waals surface area contributed by atoms with Crippen LogP contribution >= 0.6 is 11.3 Å². The van der Waals surface area contributed by atoms with E-state index in [1.165, 1.54) is 17.4 Å². The molecule has 0 saturated heterocycles. The van der Waals surface area contributed by atoms with Crippen molar-refractivity contribution in [3.05, 3.63) is 34.6 Å². The zero-order chi connectivity index (χ0) is 12.4. The summed E-state index contributed by atoms with van der Waals surface area (Å²) in [6.07, 6.45) is 0. The number of hydrogen-bond acceptors (Lipinski definition) is 4. The summed E-state index contributed by atoms with van der Waals surface area (Å²) in [4.78, 5) is 0. The molecule has 1 heterocycles. The van der Waals surface area contributed by atoms with Gasteiger partial charge in [-0.05, 0) is 38.6 Å². The van der Waals surface area contributed by atoms with Gasteiger partial charge in [-0.2, -0.15) is 0 Å². The first-order valence-corrected chi connectivity index (χ1v) is 6.20. The summed E-state index contributed by atoms with van der Waals surface area (Å²) in [5, 5.41) is 12.7. The molecule has 2 aromatic rings. The molecule has 1 atom stereocenters. The highest BCUT2D eigenvalue weighted by Gasteiger charge is 2.14. The van der Waals surface area contributed by atoms with Crippen LogP contribution in [0.2, 0.25) is 0 Å². The molecule has 0 aliphatic rings. The molecule has 1 aromatic carbocycles. The van der Waals surface area contributed by atoms with Crippen LogP contribution in [-0.4, -0.2) is 17.2 Å². The van der Waals surface area contributed by atoms with Gasteiger partial charge in [0.25, 0.3) is 0 Å². The summed E-state index contributed by atoms with van der Waals surface area (Å²) in [7, 11) is 1.86. The van der Waals surface area contributed by atoms with Crippen LogP contribution in [0.15, 0.2) is 18.2 Å². The maximum absolute atomic E-state index is 13.8. The second-order valence-corrected chi connectivity index (χ2v) is 4.95. The molecular formula is C12H14FN3S. The monoisotopic (exact) mass is 251 g/mol. The van der Waals surface area contributed by atoms with E-state index in [0.29, 0.717) is 10.6 Å². The summed E-state index contributed by atoms with van der Waals surface area (Å²) in [5.74, 6) is -0.246. The zero-order valence-corrected chi connectivity index (χ0v) is 10.8. The van der Waals surface area contributed by atoms with Crippen molar-refractivity contribution < 1.29 is 4.39 Å². The molecule has 0 aliphatic heterocycles. The van der Waals surface area contributed by atoms with Crippen molar-refractivity contribution in [2.75, 3.05) is 7.05 Å². The fourth-order valence-corrected chi connectivity index (χ4v) is 2.37. The number of halogens is 1. The molecule has 1 unspecified atom stereocenters. The Balaban J connectivity index is 2.37. The summed E-state index contributed by atoms with van der Waals surface area (Å²) in [6.45, 7) is 3.86. The van der Waals surface area contributed by atoms with E-state index in [2.05, 4.69) is 15.5 Å². The third-order valence-electron chi connectivity index (χ3n) is 2.60. The lowest BCUT2D eigenvalue weighted by molar-refractivity contribution is 0.629. The predicted molar refractivity (Wildman–Crippen MR) is 67.5 cm³/mol. The highest BCUT2D eigenvalue weighted by molar-refractivity contribution is 7.14. The summed E-state index contributed by atoms with van der Waals surface area (Å²) in [5.41, 5.74) is 1.42. The lowest BCUT2D eigenvalue weighted by Crippen LogP contribution is -2.11. The van der Waals surface area contributed by atoms with Gasteiger partial charge >= 0.3 is 0 Å². The van der Waals surface area contributed by atoms with Crippen molar-refractivity contribution >= 4 is 11.3 Å². The molecule has 0 aliphatic carbocycles. The smallest absolute Gasteiger partial charge is 0.150 e. The maximum Gasteiger partial charge on any atom is 0.150 e. The quantitative estimate of drug-likeness (QED) is 0.911. The molecule has 0 amide bonds. The number of aryl methyl sites for hydroxylation is 1. The largest absolute Gasteiger partial charge is 0.311 e. The lowest BCUT2D eigenvalue weighted by atomic mass is 10.1. The minimum absolute atomic E-state index is 0.134. The minimum atomic E-state index is -0.246. The summed E-state index contributed by atoms with van der Waals surface area (Å²) in [6, 6.07) is 5.27. The number of nitrogens with zero attached hydrogens (tertiary/aromatic N) is 2. The Morgan fingerprint density at radius 1 is 1.35 bits per heavy atom. The predicted octanol–water partition coefficient (Wildman–Crippen LogP) is 2.93. The van der Waals surface area contributed by atoms with Crippen molar-refractivity contribution in [1.29, 1.82) is 0 Å². The second kappa shape index (κ2) is 4.89. The molecule has 5 heteroatoms. The lowest BCUT2D eigenvalue weighted by Gasteiger charge is -2.03. The van der Waals surface area contributed by atoms with Crippen molar-refractivity contribution in [3.8, 4) is 10.6 Å². The van der Waals surface area contributed by atoms with Crippen LogP contribution in [0.1, 0.15) is 23.5 Å². The average Bonchev–Trinajstić information content (AvgIpc) is 2.77.